The minimum Gasteiger partial charge on any atom is -0.507 e. The number of carbonyl (C=O) groups is 2. The number of aliphatic hydroxyl groups is 1. The number of benzene rings is 3. The molecule has 28 heavy (non-hydrogen) atoms. The predicted octanol–water partition coefficient (Wildman–Crippen LogP) is 5.41. The van der Waals surface area contributed by atoms with E-state index in [1.54, 1.807) is 24.3 Å². The minimum atomic E-state index is -0.587. The fourth-order valence-corrected chi connectivity index (χ4v) is 3.61. The second-order valence-corrected chi connectivity index (χ2v) is 6.95. The van der Waals surface area contributed by atoms with Crippen molar-refractivity contribution in [3.8, 4) is 11.1 Å². The first kappa shape index (κ1) is 17.9. The number of carbonyl (C=O) groups excluding carboxylic acids is 2. The van der Waals surface area contributed by atoms with Gasteiger partial charge in [-0.2, -0.15) is 0 Å². The molecule has 0 heterocycles. The van der Waals surface area contributed by atoms with E-state index in [4.69, 9.17) is 0 Å². The first-order valence-corrected chi connectivity index (χ1v) is 9.40. The van der Waals surface area contributed by atoms with Crippen LogP contribution in [0.3, 0.4) is 0 Å². The molecule has 0 saturated carbocycles. The maximum atomic E-state index is 12.4. The third kappa shape index (κ3) is 3.39. The molecule has 0 radical (unpaired) electrons. The van der Waals surface area contributed by atoms with Gasteiger partial charge in [0.2, 0.25) is 11.6 Å². The van der Waals surface area contributed by atoms with Crippen molar-refractivity contribution >= 4 is 17.3 Å². The molecule has 0 aliphatic heterocycles. The quantitative estimate of drug-likeness (QED) is 0.613. The molecule has 1 aliphatic rings. The topological polar surface area (TPSA) is 54.4 Å². The Kier molecular flexibility index (Phi) is 4.90. The molecule has 0 saturated heterocycles. The summed E-state index contributed by atoms with van der Waals surface area (Å²) in [6.45, 7) is 0. The number of aryl methyl sites for hydroxylation is 1. The smallest absolute Gasteiger partial charge is 0.234 e. The van der Waals surface area contributed by atoms with E-state index in [0.29, 0.717) is 18.4 Å². The van der Waals surface area contributed by atoms with Gasteiger partial charge < -0.3 is 5.11 Å². The van der Waals surface area contributed by atoms with Crippen LogP contribution in [0.1, 0.15) is 34.3 Å². The molecule has 3 nitrogen and oxygen atoms in total. The third-order valence-corrected chi connectivity index (χ3v) is 5.15. The molecule has 138 valence electrons. The highest BCUT2D eigenvalue weighted by molar-refractivity contribution is 6.52. The molecular weight excluding hydrogens is 348 g/mol. The third-order valence-electron chi connectivity index (χ3n) is 5.15. The average Bonchev–Trinajstić information content (AvgIpc) is 2.75. The zero-order valence-electron chi connectivity index (χ0n) is 15.4. The zero-order valence-corrected chi connectivity index (χ0v) is 15.4. The largest absolute Gasteiger partial charge is 0.507 e. The Bertz CT molecular complexity index is 1060. The van der Waals surface area contributed by atoms with E-state index in [-0.39, 0.29) is 16.9 Å². The van der Waals surface area contributed by atoms with Crippen molar-refractivity contribution in [3.05, 3.63) is 101 Å². The Balaban J connectivity index is 1.45. The van der Waals surface area contributed by atoms with E-state index in [9.17, 15) is 14.7 Å². The Morgan fingerprint density at radius 2 is 1.21 bits per heavy atom. The second-order valence-electron chi connectivity index (χ2n) is 6.95. The van der Waals surface area contributed by atoms with E-state index in [0.717, 1.165) is 17.5 Å². The van der Waals surface area contributed by atoms with Crippen molar-refractivity contribution in [1.82, 2.24) is 0 Å². The van der Waals surface area contributed by atoms with Gasteiger partial charge in [0.25, 0.3) is 0 Å². The number of hydrogen-bond donors (Lipinski definition) is 1. The number of rotatable bonds is 5. The molecule has 3 aromatic rings. The molecule has 0 fully saturated rings. The van der Waals surface area contributed by atoms with E-state index >= 15 is 0 Å². The summed E-state index contributed by atoms with van der Waals surface area (Å²) in [7, 11) is 0. The summed E-state index contributed by atoms with van der Waals surface area (Å²) < 4.78 is 0. The van der Waals surface area contributed by atoms with E-state index in [1.807, 2.05) is 18.2 Å². The molecule has 0 amide bonds. The highest BCUT2D eigenvalue weighted by atomic mass is 16.3. The van der Waals surface area contributed by atoms with Gasteiger partial charge in [-0.1, -0.05) is 78.9 Å². The number of aliphatic hydroxyl groups excluding tert-OH is 1. The van der Waals surface area contributed by atoms with Gasteiger partial charge in [0.05, 0.1) is 0 Å². The molecule has 1 aliphatic carbocycles. The molecule has 0 aromatic heterocycles. The summed E-state index contributed by atoms with van der Waals surface area (Å²) in [6.07, 6.45) is 1.84. The fourth-order valence-electron chi connectivity index (χ4n) is 3.61. The van der Waals surface area contributed by atoms with Gasteiger partial charge in [0, 0.05) is 16.7 Å². The Morgan fingerprint density at radius 3 is 1.93 bits per heavy atom. The van der Waals surface area contributed by atoms with E-state index in [2.05, 4.69) is 36.4 Å². The van der Waals surface area contributed by atoms with Gasteiger partial charge >= 0.3 is 0 Å². The normalized spacial score (nSPS) is 13.6. The highest BCUT2D eigenvalue weighted by Gasteiger charge is 2.31. The fraction of sp³-hybridized carbons (Fsp3) is 0.120. The van der Waals surface area contributed by atoms with Crippen molar-refractivity contribution in [2.75, 3.05) is 0 Å². The number of Topliss-reactive ketones (excluding diaryl/α,β-unsaturated/α-hetero) is 2. The number of allylic oxidation sites excluding steroid dienone is 1. The summed E-state index contributed by atoms with van der Waals surface area (Å²) in [5.41, 5.74) is 4.46. The number of fused-ring (bicyclic) bond motifs is 1. The molecule has 0 unspecified atom stereocenters. The van der Waals surface area contributed by atoms with E-state index in [1.165, 1.54) is 5.56 Å². The van der Waals surface area contributed by atoms with Gasteiger partial charge in [-0.25, -0.2) is 0 Å². The van der Waals surface area contributed by atoms with Crippen LogP contribution in [0.2, 0.25) is 0 Å². The first-order valence-electron chi connectivity index (χ1n) is 9.40. The lowest BCUT2D eigenvalue weighted by Crippen LogP contribution is -2.24. The second kappa shape index (κ2) is 7.65. The summed E-state index contributed by atoms with van der Waals surface area (Å²) in [5.74, 6) is -1.18. The monoisotopic (exact) mass is 368 g/mol. The minimum absolute atomic E-state index is 0.0559. The van der Waals surface area contributed by atoms with Gasteiger partial charge in [0.1, 0.15) is 5.76 Å². The lowest BCUT2D eigenvalue weighted by atomic mass is 9.86. The number of hydrogen-bond acceptors (Lipinski definition) is 3. The molecular formula is C25H20O3. The van der Waals surface area contributed by atoms with Crippen LogP contribution in [0.5, 0.6) is 0 Å². The van der Waals surface area contributed by atoms with Crippen molar-refractivity contribution in [2.45, 2.75) is 19.3 Å². The summed E-state index contributed by atoms with van der Waals surface area (Å²) in [5, 5.41) is 10.5. The molecule has 0 bridgehead atoms. The van der Waals surface area contributed by atoms with Gasteiger partial charge in [-0.15, -0.1) is 0 Å². The Morgan fingerprint density at radius 1 is 0.607 bits per heavy atom. The standard InChI is InChI=1S/C25H20O3/c26-23-20-10-4-5-11-21(20)24(27)25(28)22(23)12-6-7-17-13-15-19(16-14-17)18-8-2-1-3-9-18/h1-5,8-11,13-16,26H,6-7,12H2. The summed E-state index contributed by atoms with van der Waals surface area (Å²) in [6, 6.07) is 25.2. The zero-order chi connectivity index (χ0) is 19.5. The summed E-state index contributed by atoms with van der Waals surface area (Å²) in [4.78, 5) is 24.7. The molecule has 0 spiro atoms. The van der Waals surface area contributed by atoms with Crippen molar-refractivity contribution in [1.29, 1.82) is 0 Å². The van der Waals surface area contributed by atoms with Crippen LogP contribution in [0.25, 0.3) is 16.9 Å². The van der Waals surface area contributed by atoms with Crippen LogP contribution in [0.4, 0.5) is 0 Å². The van der Waals surface area contributed by atoms with Gasteiger partial charge in [0.15, 0.2) is 0 Å². The molecule has 0 atom stereocenters. The van der Waals surface area contributed by atoms with Gasteiger partial charge in [-0.05, 0) is 36.0 Å². The van der Waals surface area contributed by atoms with Crippen LogP contribution in [0, 0.1) is 0 Å². The lowest BCUT2D eigenvalue weighted by Gasteiger charge is -2.17. The highest BCUT2D eigenvalue weighted by Crippen LogP contribution is 2.30. The van der Waals surface area contributed by atoms with Crippen LogP contribution >= 0.6 is 0 Å². The van der Waals surface area contributed by atoms with Crippen molar-refractivity contribution in [3.63, 3.8) is 0 Å². The van der Waals surface area contributed by atoms with Crippen molar-refractivity contribution < 1.29 is 14.7 Å². The van der Waals surface area contributed by atoms with E-state index < -0.39 is 11.6 Å². The van der Waals surface area contributed by atoms with Crippen molar-refractivity contribution in [2.24, 2.45) is 0 Å². The predicted molar refractivity (Wildman–Crippen MR) is 110 cm³/mol. The lowest BCUT2D eigenvalue weighted by molar-refractivity contribution is -0.112. The number of ketones is 2. The molecule has 1 N–H and O–H groups in total. The SMILES string of the molecule is O=C1C(=O)c2ccccc2C(O)=C1CCCc1ccc(-c2ccccc2)cc1. The van der Waals surface area contributed by atoms with Crippen LogP contribution in [-0.4, -0.2) is 16.7 Å². The molecule has 3 aromatic carbocycles. The van der Waals surface area contributed by atoms with Crippen LogP contribution in [-0.2, 0) is 11.2 Å². The van der Waals surface area contributed by atoms with Crippen LogP contribution in [0.15, 0.2) is 84.4 Å². The maximum absolute atomic E-state index is 12.4. The molecule has 4 rings (SSSR count). The first-order chi connectivity index (χ1) is 13.6. The summed E-state index contributed by atoms with van der Waals surface area (Å²) >= 11 is 0. The average molecular weight is 368 g/mol. The van der Waals surface area contributed by atoms with Gasteiger partial charge in [-0.3, -0.25) is 9.59 Å². The Labute approximate surface area is 164 Å². The van der Waals surface area contributed by atoms with Crippen LogP contribution < -0.4 is 0 Å². The molecule has 3 heteroatoms. The Hall–Kier alpha value is -3.46. The maximum Gasteiger partial charge on any atom is 0.234 e.